The minimum atomic E-state index is -0.312. The van der Waals surface area contributed by atoms with Gasteiger partial charge in [0, 0.05) is 18.8 Å². The lowest BCUT2D eigenvalue weighted by molar-refractivity contribution is 0.413. The van der Waals surface area contributed by atoms with Crippen LogP contribution in [0.1, 0.15) is 24.1 Å². The van der Waals surface area contributed by atoms with E-state index in [0.717, 1.165) is 16.9 Å². The first-order valence-electron chi connectivity index (χ1n) is 6.16. The molecule has 0 aliphatic rings. The molecule has 0 fully saturated rings. The zero-order valence-electron chi connectivity index (χ0n) is 11.1. The standard InChI is InChI=1S/C15H17FN2O/c1-11(13-4-3-5-15(7-13)19-2)18-9-12-6-14(16)10-17-8-12/h3-8,10-11,18H,9H2,1-2H3/t11-/m0/s1. The van der Waals surface area contributed by atoms with Crippen LogP contribution in [-0.2, 0) is 6.54 Å². The molecule has 1 atom stereocenters. The lowest BCUT2D eigenvalue weighted by Gasteiger charge is -2.15. The SMILES string of the molecule is COc1cccc([C@H](C)NCc2cncc(F)c2)c1. The highest BCUT2D eigenvalue weighted by molar-refractivity contribution is 5.30. The second-order valence-electron chi connectivity index (χ2n) is 4.39. The highest BCUT2D eigenvalue weighted by Gasteiger charge is 2.06. The Morgan fingerprint density at radius 1 is 1.32 bits per heavy atom. The molecule has 1 aromatic heterocycles. The van der Waals surface area contributed by atoms with Crippen molar-refractivity contribution in [3.05, 3.63) is 59.7 Å². The normalized spacial score (nSPS) is 12.2. The Bertz CT molecular complexity index is 545. The van der Waals surface area contributed by atoms with Crippen LogP contribution in [0.3, 0.4) is 0 Å². The smallest absolute Gasteiger partial charge is 0.141 e. The van der Waals surface area contributed by atoms with E-state index in [9.17, 15) is 4.39 Å². The molecule has 2 rings (SSSR count). The lowest BCUT2D eigenvalue weighted by atomic mass is 10.1. The number of rotatable bonds is 5. The van der Waals surface area contributed by atoms with Crippen LogP contribution in [-0.4, -0.2) is 12.1 Å². The fourth-order valence-corrected chi connectivity index (χ4v) is 1.85. The van der Waals surface area contributed by atoms with Crippen molar-refractivity contribution in [1.82, 2.24) is 10.3 Å². The summed E-state index contributed by atoms with van der Waals surface area (Å²) in [6.07, 6.45) is 2.86. The summed E-state index contributed by atoms with van der Waals surface area (Å²) in [6, 6.07) is 9.52. The van der Waals surface area contributed by atoms with Gasteiger partial charge in [0.25, 0.3) is 0 Å². The molecule has 0 radical (unpaired) electrons. The predicted octanol–water partition coefficient (Wildman–Crippen LogP) is 3.08. The fourth-order valence-electron chi connectivity index (χ4n) is 1.85. The molecule has 1 aromatic carbocycles. The van der Waals surface area contributed by atoms with Gasteiger partial charge < -0.3 is 10.1 Å². The van der Waals surface area contributed by atoms with Gasteiger partial charge in [0.2, 0.25) is 0 Å². The maximum Gasteiger partial charge on any atom is 0.141 e. The summed E-state index contributed by atoms with van der Waals surface area (Å²) < 4.78 is 18.2. The van der Waals surface area contributed by atoms with Crippen molar-refractivity contribution in [2.24, 2.45) is 0 Å². The molecule has 3 nitrogen and oxygen atoms in total. The number of benzene rings is 1. The van der Waals surface area contributed by atoms with Crippen LogP contribution in [0.15, 0.2) is 42.7 Å². The molecule has 100 valence electrons. The van der Waals surface area contributed by atoms with Crippen LogP contribution < -0.4 is 10.1 Å². The quantitative estimate of drug-likeness (QED) is 0.897. The van der Waals surface area contributed by atoms with Gasteiger partial charge >= 0.3 is 0 Å². The Balaban J connectivity index is 1.99. The van der Waals surface area contributed by atoms with Crippen molar-refractivity contribution >= 4 is 0 Å². The van der Waals surface area contributed by atoms with Crippen LogP contribution in [0.25, 0.3) is 0 Å². The van der Waals surface area contributed by atoms with Crippen molar-refractivity contribution in [2.75, 3.05) is 7.11 Å². The second kappa shape index (κ2) is 6.29. The second-order valence-corrected chi connectivity index (χ2v) is 4.39. The number of nitrogens with zero attached hydrogens (tertiary/aromatic N) is 1. The van der Waals surface area contributed by atoms with Crippen molar-refractivity contribution in [1.29, 1.82) is 0 Å². The van der Waals surface area contributed by atoms with Gasteiger partial charge in [-0.2, -0.15) is 0 Å². The van der Waals surface area contributed by atoms with Crippen LogP contribution in [0.5, 0.6) is 5.75 Å². The molecule has 0 spiro atoms. The molecule has 19 heavy (non-hydrogen) atoms. The molecule has 2 aromatic rings. The summed E-state index contributed by atoms with van der Waals surface area (Å²) >= 11 is 0. The van der Waals surface area contributed by atoms with Gasteiger partial charge in [-0.3, -0.25) is 4.98 Å². The summed E-state index contributed by atoms with van der Waals surface area (Å²) in [5.74, 6) is 0.520. The first-order valence-corrected chi connectivity index (χ1v) is 6.16. The van der Waals surface area contributed by atoms with Gasteiger partial charge in [-0.15, -0.1) is 0 Å². The Morgan fingerprint density at radius 2 is 2.16 bits per heavy atom. The molecule has 0 saturated heterocycles. The number of hydrogen-bond donors (Lipinski definition) is 1. The zero-order chi connectivity index (χ0) is 13.7. The summed E-state index contributed by atoms with van der Waals surface area (Å²) in [4.78, 5) is 3.83. The summed E-state index contributed by atoms with van der Waals surface area (Å²) in [7, 11) is 1.65. The Kier molecular flexibility index (Phi) is 4.47. The largest absolute Gasteiger partial charge is 0.497 e. The van der Waals surface area contributed by atoms with Crippen LogP contribution >= 0.6 is 0 Å². The third kappa shape index (κ3) is 3.76. The van der Waals surface area contributed by atoms with Gasteiger partial charge in [0.1, 0.15) is 11.6 Å². The lowest BCUT2D eigenvalue weighted by Crippen LogP contribution is -2.18. The maximum absolute atomic E-state index is 13.0. The molecule has 1 heterocycles. The molecular formula is C15H17FN2O. The van der Waals surface area contributed by atoms with Crippen molar-refractivity contribution in [2.45, 2.75) is 19.5 Å². The van der Waals surface area contributed by atoms with E-state index in [1.807, 2.05) is 24.3 Å². The van der Waals surface area contributed by atoms with E-state index < -0.39 is 0 Å². The van der Waals surface area contributed by atoms with Crippen molar-refractivity contribution in [3.63, 3.8) is 0 Å². The molecule has 0 unspecified atom stereocenters. The first kappa shape index (κ1) is 13.5. The minimum absolute atomic E-state index is 0.151. The van der Waals surface area contributed by atoms with Gasteiger partial charge in [0.15, 0.2) is 0 Å². The van der Waals surface area contributed by atoms with E-state index in [0.29, 0.717) is 6.54 Å². The topological polar surface area (TPSA) is 34.1 Å². The van der Waals surface area contributed by atoms with Crippen LogP contribution in [0.2, 0.25) is 0 Å². The summed E-state index contributed by atoms with van der Waals surface area (Å²) in [6.45, 7) is 2.63. The van der Waals surface area contributed by atoms with Gasteiger partial charge in [-0.25, -0.2) is 4.39 Å². The van der Waals surface area contributed by atoms with Crippen molar-refractivity contribution < 1.29 is 9.13 Å². The molecule has 0 saturated carbocycles. The van der Waals surface area contributed by atoms with Crippen molar-refractivity contribution in [3.8, 4) is 5.75 Å². The predicted molar refractivity (Wildman–Crippen MR) is 72.4 cm³/mol. The van der Waals surface area contributed by atoms with E-state index in [2.05, 4.69) is 17.2 Å². The fraction of sp³-hybridized carbons (Fsp3) is 0.267. The monoisotopic (exact) mass is 260 g/mol. The van der Waals surface area contributed by atoms with E-state index in [4.69, 9.17) is 4.74 Å². The third-order valence-electron chi connectivity index (χ3n) is 2.97. The summed E-state index contributed by atoms with van der Waals surface area (Å²) in [5.41, 5.74) is 1.96. The molecule has 0 amide bonds. The first-order chi connectivity index (χ1) is 9.19. The number of aromatic nitrogens is 1. The van der Waals surface area contributed by atoms with E-state index in [1.54, 1.807) is 13.3 Å². The molecule has 0 aliphatic heterocycles. The summed E-state index contributed by atoms with van der Waals surface area (Å²) in [5, 5.41) is 3.33. The number of methoxy groups -OCH3 is 1. The Morgan fingerprint density at radius 3 is 2.89 bits per heavy atom. The van der Waals surface area contributed by atoms with Gasteiger partial charge in [0.05, 0.1) is 13.3 Å². The third-order valence-corrected chi connectivity index (χ3v) is 2.97. The molecule has 0 aliphatic carbocycles. The zero-order valence-corrected chi connectivity index (χ0v) is 11.1. The Hall–Kier alpha value is -1.94. The molecule has 4 heteroatoms. The molecule has 0 bridgehead atoms. The highest BCUT2D eigenvalue weighted by atomic mass is 19.1. The van der Waals surface area contributed by atoms with Crippen LogP contribution in [0, 0.1) is 5.82 Å². The minimum Gasteiger partial charge on any atom is -0.497 e. The van der Waals surface area contributed by atoms with E-state index in [1.165, 1.54) is 12.3 Å². The van der Waals surface area contributed by atoms with E-state index >= 15 is 0 Å². The number of halogens is 1. The molecular weight excluding hydrogens is 243 g/mol. The number of nitrogens with one attached hydrogen (secondary N) is 1. The number of ether oxygens (including phenoxy) is 1. The van der Waals surface area contributed by atoms with E-state index in [-0.39, 0.29) is 11.9 Å². The molecule has 1 N–H and O–H groups in total. The Labute approximate surface area is 112 Å². The van der Waals surface area contributed by atoms with Gasteiger partial charge in [-0.05, 0) is 36.2 Å². The average Bonchev–Trinajstić information content (AvgIpc) is 2.45. The van der Waals surface area contributed by atoms with Crippen LogP contribution in [0.4, 0.5) is 4.39 Å². The number of pyridine rings is 1. The maximum atomic E-state index is 13.0. The van der Waals surface area contributed by atoms with Gasteiger partial charge in [-0.1, -0.05) is 12.1 Å². The number of hydrogen-bond acceptors (Lipinski definition) is 3. The highest BCUT2D eigenvalue weighted by Crippen LogP contribution is 2.19. The average molecular weight is 260 g/mol.